The first kappa shape index (κ1) is 44.1. The molecule has 0 aromatic heterocycles. The maximum atomic E-state index is 9.83. The molecule has 8 aromatic rings. The van der Waals surface area contributed by atoms with Gasteiger partial charge in [-0.15, -0.1) is 0 Å². The zero-order chi connectivity index (χ0) is 42.4. The SMILES string of the molecule is Brc1ccc(Oc2ccc([S+](c3ccc(Sc4ccc(-c5ccccc5)cc4)cc3)c3ccc(Sc4ccc(-c5ccccc5)cc4)cc3)cc2)cc1.CCCCS(=O)(=O)[O-]. The molecule has 61 heavy (non-hydrogen) atoms. The molecule has 0 aliphatic heterocycles. The zero-order valence-corrected chi connectivity index (χ0v) is 38.2. The van der Waals surface area contributed by atoms with Crippen LogP contribution >= 0.6 is 39.5 Å². The molecule has 0 amide bonds. The molecular weight excluding hydrogens is 897 g/mol. The number of ether oxygens (including phenoxy) is 1. The fraction of sp³-hybridized carbons (Fsp3) is 0.0769. The molecule has 8 aromatic carbocycles. The van der Waals surface area contributed by atoms with E-state index in [2.05, 4.69) is 198 Å². The highest BCUT2D eigenvalue weighted by atomic mass is 79.9. The van der Waals surface area contributed by atoms with E-state index < -0.39 is 10.1 Å². The second-order valence-corrected chi connectivity index (χ2v) is 20.6. The molecule has 0 radical (unpaired) electrons. The first-order valence-electron chi connectivity index (χ1n) is 19.8. The van der Waals surface area contributed by atoms with E-state index in [0.29, 0.717) is 6.42 Å². The van der Waals surface area contributed by atoms with Gasteiger partial charge in [0.15, 0.2) is 14.7 Å². The molecule has 9 heteroatoms. The van der Waals surface area contributed by atoms with Gasteiger partial charge in [0, 0.05) is 29.8 Å². The van der Waals surface area contributed by atoms with Crippen molar-refractivity contribution in [3.8, 4) is 33.8 Å². The van der Waals surface area contributed by atoms with Gasteiger partial charge >= 0.3 is 0 Å². The first-order chi connectivity index (χ1) is 29.7. The summed E-state index contributed by atoms with van der Waals surface area (Å²) in [6, 6.07) is 73.3. The summed E-state index contributed by atoms with van der Waals surface area (Å²) in [5.74, 6) is 1.41. The van der Waals surface area contributed by atoms with Gasteiger partial charge in [-0.3, -0.25) is 0 Å². The number of unbranched alkanes of at least 4 members (excludes halogenated alkanes) is 1. The summed E-state index contributed by atoms with van der Waals surface area (Å²) in [5.41, 5.74) is 4.93. The molecule has 0 unspecified atom stereocenters. The highest BCUT2D eigenvalue weighted by Gasteiger charge is 2.29. The number of halogens is 1. The van der Waals surface area contributed by atoms with Crippen molar-refractivity contribution >= 4 is 60.5 Å². The van der Waals surface area contributed by atoms with Gasteiger partial charge < -0.3 is 9.29 Å². The lowest BCUT2D eigenvalue weighted by atomic mass is 10.1. The molecule has 0 aliphatic rings. The summed E-state index contributed by atoms with van der Waals surface area (Å²) in [6.45, 7) is 1.84. The summed E-state index contributed by atoms with van der Waals surface area (Å²) >= 11 is 7.09. The van der Waals surface area contributed by atoms with Crippen molar-refractivity contribution in [2.45, 2.75) is 54.0 Å². The van der Waals surface area contributed by atoms with Crippen molar-refractivity contribution in [3.05, 3.63) is 211 Å². The van der Waals surface area contributed by atoms with E-state index in [-0.39, 0.29) is 16.6 Å². The Morgan fingerprint density at radius 2 is 0.803 bits per heavy atom. The average molecular weight is 940 g/mol. The van der Waals surface area contributed by atoms with Gasteiger partial charge in [0.05, 0.1) is 21.0 Å². The largest absolute Gasteiger partial charge is 0.748 e. The molecule has 306 valence electrons. The minimum atomic E-state index is -3.94. The third-order valence-electron chi connectivity index (χ3n) is 9.37. The average Bonchev–Trinajstić information content (AvgIpc) is 3.29. The highest BCUT2D eigenvalue weighted by molar-refractivity contribution is 9.10. The Balaban J connectivity index is 0.000000639. The van der Waals surface area contributed by atoms with Crippen LogP contribution in [0.3, 0.4) is 0 Å². The van der Waals surface area contributed by atoms with Gasteiger partial charge in [0.25, 0.3) is 0 Å². The quantitative estimate of drug-likeness (QED) is 0.0799. The van der Waals surface area contributed by atoms with Gasteiger partial charge in [-0.1, -0.05) is 138 Å². The molecule has 0 heterocycles. The molecule has 0 bridgehead atoms. The van der Waals surface area contributed by atoms with E-state index in [9.17, 15) is 13.0 Å². The van der Waals surface area contributed by atoms with Gasteiger partial charge in [0.2, 0.25) is 0 Å². The smallest absolute Gasteiger partial charge is 0.166 e. The second kappa shape index (κ2) is 21.7. The summed E-state index contributed by atoms with van der Waals surface area (Å²) < 4.78 is 36.7. The molecule has 0 atom stereocenters. The first-order valence-corrected chi connectivity index (χ1v) is 25.0. The Bertz CT molecular complexity index is 2550. The van der Waals surface area contributed by atoms with Gasteiger partial charge in [-0.2, -0.15) is 0 Å². The van der Waals surface area contributed by atoms with Crippen LogP contribution in [0.1, 0.15) is 19.8 Å². The normalized spacial score (nSPS) is 11.1. The lowest BCUT2D eigenvalue weighted by Crippen LogP contribution is -2.04. The summed E-state index contributed by atoms with van der Waals surface area (Å²) in [6.07, 6.45) is 1.23. The molecule has 0 spiro atoms. The van der Waals surface area contributed by atoms with Crippen molar-refractivity contribution in [2.24, 2.45) is 0 Å². The van der Waals surface area contributed by atoms with E-state index in [1.807, 2.05) is 31.2 Å². The van der Waals surface area contributed by atoms with E-state index in [4.69, 9.17) is 4.74 Å². The van der Waals surface area contributed by atoms with Crippen LogP contribution in [-0.4, -0.2) is 18.7 Å². The molecule has 0 saturated heterocycles. The molecule has 4 nitrogen and oxygen atoms in total. The monoisotopic (exact) mass is 938 g/mol. The van der Waals surface area contributed by atoms with E-state index in [1.54, 1.807) is 23.5 Å². The maximum Gasteiger partial charge on any atom is 0.166 e. The molecular formula is C52H43BrO4S4. The minimum absolute atomic E-state index is 0.219. The standard InChI is InChI=1S/C48H34BrOS3.C4H10O3S/c49-39-15-17-40(18-16-39)50-41-19-29-46(30-20-41)53(47-31-25-44(26-32-47)51-42-21-11-37(12-22-42)35-7-3-1-4-8-35)48-33-27-45(28-34-48)52-43-23-13-38(14-24-43)36-9-5-2-6-10-36;1-2-3-4-8(5,6)7/h1-34H;2-4H2,1H3,(H,5,6,7)/q+1;/p-1. The van der Waals surface area contributed by atoms with Crippen LogP contribution in [0, 0.1) is 0 Å². The molecule has 8 rings (SSSR count). The Morgan fingerprint density at radius 1 is 0.475 bits per heavy atom. The molecule has 0 N–H and O–H groups in total. The van der Waals surface area contributed by atoms with Crippen molar-refractivity contribution in [3.63, 3.8) is 0 Å². The van der Waals surface area contributed by atoms with Crippen LogP contribution in [0.15, 0.2) is 245 Å². The highest BCUT2D eigenvalue weighted by Crippen LogP contribution is 2.38. The van der Waals surface area contributed by atoms with E-state index in [1.165, 1.54) is 56.5 Å². The minimum Gasteiger partial charge on any atom is -0.748 e. The lowest BCUT2D eigenvalue weighted by Gasteiger charge is -2.11. The zero-order valence-electron chi connectivity index (χ0n) is 33.4. The second-order valence-electron chi connectivity index (χ2n) is 13.9. The Kier molecular flexibility index (Phi) is 15.7. The molecule has 0 aliphatic carbocycles. The van der Waals surface area contributed by atoms with E-state index >= 15 is 0 Å². The Hall–Kier alpha value is -5.00. The topological polar surface area (TPSA) is 66.4 Å². The van der Waals surface area contributed by atoms with Crippen LogP contribution in [0.25, 0.3) is 22.3 Å². The predicted octanol–water partition coefficient (Wildman–Crippen LogP) is 15.3. The molecule has 0 saturated carbocycles. The Morgan fingerprint density at radius 3 is 1.15 bits per heavy atom. The van der Waals surface area contributed by atoms with E-state index in [0.717, 1.165) is 22.4 Å². The van der Waals surface area contributed by atoms with Crippen LogP contribution in [0.4, 0.5) is 0 Å². The lowest BCUT2D eigenvalue weighted by molar-refractivity contribution is 0.461. The van der Waals surface area contributed by atoms with Crippen LogP contribution < -0.4 is 4.74 Å². The van der Waals surface area contributed by atoms with Crippen LogP contribution in [0.5, 0.6) is 11.5 Å². The van der Waals surface area contributed by atoms with Crippen LogP contribution in [0.2, 0.25) is 0 Å². The van der Waals surface area contributed by atoms with Crippen molar-refractivity contribution in [1.82, 2.24) is 0 Å². The third kappa shape index (κ3) is 13.2. The number of rotatable bonds is 14. The fourth-order valence-corrected chi connectivity index (χ4v) is 10.8. The third-order valence-corrected chi connectivity index (χ3v) is 14.9. The van der Waals surface area contributed by atoms with Crippen molar-refractivity contribution < 1.29 is 17.7 Å². The van der Waals surface area contributed by atoms with Gasteiger partial charge in [-0.25, -0.2) is 8.42 Å². The number of hydrogen-bond donors (Lipinski definition) is 0. The maximum absolute atomic E-state index is 9.83. The van der Waals surface area contributed by atoms with Crippen molar-refractivity contribution in [1.29, 1.82) is 0 Å². The van der Waals surface area contributed by atoms with Crippen molar-refractivity contribution in [2.75, 3.05) is 5.75 Å². The molecule has 0 fully saturated rings. The van der Waals surface area contributed by atoms with Gasteiger partial charge in [0.1, 0.15) is 11.5 Å². The Labute approximate surface area is 379 Å². The number of benzene rings is 8. The van der Waals surface area contributed by atoms with Crippen LogP contribution in [-0.2, 0) is 21.0 Å². The fourth-order valence-electron chi connectivity index (χ4n) is 6.26. The predicted molar refractivity (Wildman–Crippen MR) is 257 cm³/mol. The summed E-state index contributed by atoms with van der Waals surface area (Å²) in [7, 11) is -4.25. The summed E-state index contributed by atoms with van der Waals surface area (Å²) in [5, 5.41) is 0. The van der Waals surface area contributed by atoms with Gasteiger partial charge in [-0.05, 0) is 150 Å². The summed E-state index contributed by atoms with van der Waals surface area (Å²) in [4.78, 5) is 8.66. The number of hydrogen-bond acceptors (Lipinski definition) is 6.